The fourth-order valence-corrected chi connectivity index (χ4v) is 3.60. The Bertz CT molecular complexity index is 900. The number of pyridine rings is 1. The summed E-state index contributed by atoms with van der Waals surface area (Å²) < 4.78 is 45.6. The van der Waals surface area contributed by atoms with Gasteiger partial charge >= 0.3 is 6.18 Å². The number of aromatic nitrogens is 2. The van der Waals surface area contributed by atoms with Crippen molar-refractivity contribution in [3.8, 4) is 5.75 Å². The first-order chi connectivity index (χ1) is 13.0. The Balaban J connectivity index is 1.45. The molecule has 0 radical (unpaired) electrons. The Hall–Kier alpha value is -2.70. The Kier molecular flexibility index (Phi) is 4.68. The lowest BCUT2D eigenvalue weighted by molar-refractivity contribution is -0.139. The summed E-state index contributed by atoms with van der Waals surface area (Å²) in [5.74, 6) is 0.649. The molecule has 1 aliphatic rings. The number of anilines is 1. The van der Waals surface area contributed by atoms with E-state index in [1.165, 1.54) is 10.8 Å². The van der Waals surface area contributed by atoms with E-state index < -0.39 is 12.7 Å². The standard InChI is InChI=1S/C20H20F3N3O/c21-20(22,23)14-26-13-8-17-18(26)2-1-3-19(17)27-16-6-11-25(12-7-16)15-4-9-24-10-5-15/h1-5,8-10,13,16H,6-7,11-12,14H2. The van der Waals surface area contributed by atoms with Gasteiger partial charge in [0.15, 0.2) is 0 Å². The first-order valence-electron chi connectivity index (χ1n) is 8.96. The summed E-state index contributed by atoms with van der Waals surface area (Å²) in [7, 11) is 0. The molecule has 3 heterocycles. The molecule has 27 heavy (non-hydrogen) atoms. The van der Waals surface area contributed by atoms with Crippen LogP contribution in [0.2, 0.25) is 0 Å². The molecule has 0 atom stereocenters. The molecule has 0 bridgehead atoms. The zero-order chi connectivity index (χ0) is 18.9. The molecule has 7 heteroatoms. The first-order valence-corrected chi connectivity index (χ1v) is 8.96. The molecular formula is C20H20F3N3O. The van der Waals surface area contributed by atoms with E-state index in [2.05, 4.69) is 9.88 Å². The highest BCUT2D eigenvalue weighted by Crippen LogP contribution is 2.31. The maximum atomic E-state index is 12.7. The van der Waals surface area contributed by atoms with Gasteiger partial charge in [-0.15, -0.1) is 0 Å². The van der Waals surface area contributed by atoms with E-state index in [-0.39, 0.29) is 6.10 Å². The summed E-state index contributed by atoms with van der Waals surface area (Å²) in [6.45, 7) is 0.754. The third-order valence-corrected chi connectivity index (χ3v) is 4.89. The first kappa shape index (κ1) is 17.7. The number of piperidine rings is 1. The molecule has 0 amide bonds. The highest BCUT2D eigenvalue weighted by molar-refractivity contribution is 5.86. The molecule has 2 aromatic heterocycles. The third kappa shape index (κ3) is 4.02. The normalized spacial score (nSPS) is 16.0. The summed E-state index contributed by atoms with van der Waals surface area (Å²) in [4.78, 5) is 6.33. The maximum Gasteiger partial charge on any atom is 0.406 e. The van der Waals surface area contributed by atoms with Crippen LogP contribution in [-0.2, 0) is 6.54 Å². The van der Waals surface area contributed by atoms with Crippen molar-refractivity contribution in [2.75, 3.05) is 18.0 Å². The Labute approximate surface area is 155 Å². The number of rotatable bonds is 4. The number of alkyl halides is 3. The van der Waals surface area contributed by atoms with Crippen LogP contribution in [0.5, 0.6) is 5.75 Å². The van der Waals surface area contributed by atoms with Crippen LogP contribution in [0, 0.1) is 0 Å². The maximum absolute atomic E-state index is 12.7. The van der Waals surface area contributed by atoms with Gasteiger partial charge in [0, 0.05) is 55.6 Å². The Morgan fingerprint density at radius 1 is 1.04 bits per heavy atom. The van der Waals surface area contributed by atoms with Gasteiger partial charge in [-0.3, -0.25) is 4.98 Å². The molecule has 3 aromatic rings. The van der Waals surface area contributed by atoms with Gasteiger partial charge in [0.25, 0.3) is 0 Å². The van der Waals surface area contributed by atoms with Gasteiger partial charge in [0.05, 0.1) is 5.52 Å². The number of ether oxygens (including phenoxy) is 1. The minimum Gasteiger partial charge on any atom is -0.490 e. The number of hydrogen-bond acceptors (Lipinski definition) is 3. The molecule has 0 unspecified atom stereocenters. The van der Waals surface area contributed by atoms with Crippen LogP contribution in [0.1, 0.15) is 12.8 Å². The fraction of sp³-hybridized carbons (Fsp3) is 0.350. The number of halogens is 3. The van der Waals surface area contributed by atoms with E-state index in [1.54, 1.807) is 30.6 Å². The van der Waals surface area contributed by atoms with Crippen LogP contribution < -0.4 is 9.64 Å². The van der Waals surface area contributed by atoms with Crippen molar-refractivity contribution in [1.82, 2.24) is 9.55 Å². The number of nitrogens with zero attached hydrogens (tertiary/aromatic N) is 3. The van der Waals surface area contributed by atoms with E-state index in [0.29, 0.717) is 11.3 Å². The van der Waals surface area contributed by atoms with Crippen molar-refractivity contribution in [1.29, 1.82) is 0 Å². The van der Waals surface area contributed by atoms with Crippen LogP contribution >= 0.6 is 0 Å². The highest BCUT2D eigenvalue weighted by Gasteiger charge is 2.28. The summed E-state index contributed by atoms with van der Waals surface area (Å²) in [6, 6.07) is 10.9. The van der Waals surface area contributed by atoms with E-state index in [4.69, 9.17) is 4.74 Å². The molecule has 4 nitrogen and oxygen atoms in total. The van der Waals surface area contributed by atoms with E-state index >= 15 is 0 Å². The van der Waals surface area contributed by atoms with Gasteiger partial charge in [-0.25, -0.2) is 0 Å². The van der Waals surface area contributed by atoms with Crippen LogP contribution in [0.3, 0.4) is 0 Å². The minimum absolute atomic E-state index is 0.0552. The second-order valence-electron chi connectivity index (χ2n) is 6.76. The fourth-order valence-electron chi connectivity index (χ4n) is 3.60. The Morgan fingerprint density at radius 3 is 2.48 bits per heavy atom. The van der Waals surface area contributed by atoms with Crippen molar-refractivity contribution in [3.05, 3.63) is 55.0 Å². The molecule has 0 aliphatic carbocycles. The lowest BCUT2D eigenvalue weighted by atomic mass is 10.1. The number of fused-ring (bicyclic) bond motifs is 1. The topological polar surface area (TPSA) is 30.3 Å². The van der Waals surface area contributed by atoms with Gasteiger partial charge in [-0.1, -0.05) is 6.07 Å². The molecule has 142 valence electrons. The average Bonchev–Trinajstić information content (AvgIpc) is 3.05. The zero-order valence-electron chi connectivity index (χ0n) is 14.7. The monoisotopic (exact) mass is 375 g/mol. The Morgan fingerprint density at radius 2 is 1.78 bits per heavy atom. The van der Waals surface area contributed by atoms with E-state index in [0.717, 1.165) is 37.0 Å². The quantitative estimate of drug-likeness (QED) is 0.665. The molecular weight excluding hydrogens is 355 g/mol. The largest absolute Gasteiger partial charge is 0.490 e. The average molecular weight is 375 g/mol. The van der Waals surface area contributed by atoms with Crippen molar-refractivity contribution in [2.45, 2.75) is 31.7 Å². The molecule has 1 aliphatic heterocycles. The van der Waals surface area contributed by atoms with E-state index in [9.17, 15) is 13.2 Å². The van der Waals surface area contributed by atoms with Gasteiger partial charge in [0.1, 0.15) is 18.4 Å². The number of benzene rings is 1. The van der Waals surface area contributed by atoms with Crippen molar-refractivity contribution < 1.29 is 17.9 Å². The van der Waals surface area contributed by atoms with Crippen LogP contribution in [-0.4, -0.2) is 34.9 Å². The van der Waals surface area contributed by atoms with Crippen LogP contribution in [0.25, 0.3) is 10.9 Å². The van der Waals surface area contributed by atoms with Gasteiger partial charge in [0.2, 0.25) is 0 Å². The molecule has 1 fully saturated rings. The third-order valence-electron chi connectivity index (χ3n) is 4.89. The molecule has 0 saturated carbocycles. The lowest BCUT2D eigenvalue weighted by Gasteiger charge is -2.33. The zero-order valence-corrected chi connectivity index (χ0v) is 14.7. The number of hydrogen-bond donors (Lipinski definition) is 0. The van der Waals surface area contributed by atoms with Crippen LogP contribution in [0.4, 0.5) is 18.9 Å². The van der Waals surface area contributed by atoms with Crippen molar-refractivity contribution in [2.24, 2.45) is 0 Å². The van der Waals surface area contributed by atoms with Crippen molar-refractivity contribution >= 4 is 16.6 Å². The molecule has 4 rings (SSSR count). The summed E-state index contributed by atoms with van der Waals surface area (Å²) in [6.07, 6.45) is 2.57. The molecule has 0 spiro atoms. The van der Waals surface area contributed by atoms with Gasteiger partial charge in [-0.2, -0.15) is 13.2 Å². The predicted molar refractivity (Wildman–Crippen MR) is 98.1 cm³/mol. The van der Waals surface area contributed by atoms with Gasteiger partial charge < -0.3 is 14.2 Å². The van der Waals surface area contributed by atoms with Crippen LogP contribution in [0.15, 0.2) is 55.0 Å². The summed E-state index contributed by atoms with van der Waals surface area (Å²) in [5.41, 5.74) is 1.69. The van der Waals surface area contributed by atoms with Gasteiger partial charge in [-0.05, 0) is 30.3 Å². The molecule has 0 N–H and O–H groups in total. The second kappa shape index (κ2) is 7.13. The van der Waals surface area contributed by atoms with Crippen molar-refractivity contribution in [3.63, 3.8) is 0 Å². The SMILES string of the molecule is FC(F)(F)Cn1ccc2c(OC3CCN(c4ccncc4)CC3)cccc21. The molecule has 1 aromatic carbocycles. The summed E-state index contributed by atoms with van der Waals surface area (Å²) in [5, 5.41) is 0.721. The minimum atomic E-state index is -4.25. The van der Waals surface area contributed by atoms with E-state index in [1.807, 2.05) is 18.2 Å². The predicted octanol–water partition coefficient (Wildman–Crippen LogP) is 4.65. The molecule has 1 saturated heterocycles. The second-order valence-corrected chi connectivity index (χ2v) is 6.76. The summed E-state index contributed by atoms with van der Waals surface area (Å²) >= 11 is 0. The highest BCUT2D eigenvalue weighted by atomic mass is 19.4. The smallest absolute Gasteiger partial charge is 0.406 e. The lowest BCUT2D eigenvalue weighted by Crippen LogP contribution is -2.38.